The van der Waals surface area contributed by atoms with Crippen LogP contribution in [0.4, 0.5) is 4.79 Å². The van der Waals surface area contributed by atoms with Crippen molar-refractivity contribution in [3.05, 3.63) is 35.9 Å². The van der Waals surface area contributed by atoms with Crippen LogP contribution >= 0.6 is 0 Å². The van der Waals surface area contributed by atoms with E-state index in [4.69, 9.17) is 14.2 Å². The third kappa shape index (κ3) is 6.11. The zero-order valence-corrected chi connectivity index (χ0v) is 14.6. The predicted molar refractivity (Wildman–Crippen MR) is 89.4 cm³/mol. The quantitative estimate of drug-likeness (QED) is 0.914. The topological polar surface area (TPSA) is 68.2 Å². The molecule has 0 aromatic heterocycles. The van der Waals surface area contributed by atoms with E-state index in [0.29, 0.717) is 19.6 Å². The lowest BCUT2D eigenvalue weighted by atomic mass is 10.2. The van der Waals surface area contributed by atoms with Gasteiger partial charge in [-0.15, -0.1) is 0 Å². The van der Waals surface area contributed by atoms with Crippen LogP contribution in [0.3, 0.4) is 0 Å². The highest BCUT2D eigenvalue weighted by Gasteiger charge is 2.33. The van der Waals surface area contributed by atoms with Crippen molar-refractivity contribution in [1.82, 2.24) is 4.90 Å². The maximum absolute atomic E-state index is 12.4. The average molecular weight is 337 g/mol. The van der Waals surface area contributed by atoms with Crippen LogP contribution in [0, 0.1) is 0 Å². The van der Waals surface area contributed by atoms with E-state index >= 15 is 0 Å². The van der Waals surface area contributed by atoms with Crippen LogP contribution in [0.2, 0.25) is 0 Å². The van der Waals surface area contributed by atoms with Gasteiger partial charge in [-0.1, -0.05) is 30.3 Å². The summed E-state index contributed by atoms with van der Waals surface area (Å²) in [5.41, 5.74) is 0.444. The Hall–Kier alpha value is -1.63. The molecule has 0 radical (unpaired) electrons. The molecular weight excluding hydrogens is 310 g/mol. The van der Waals surface area contributed by atoms with Gasteiger partial charge in [0.15, 0.2) is 6.23 Å². The second-order valence-electron chi connectivity index (χ2n) is 6.90. The summed E-state index contributed by atoms with van der Waals surface area (Å²) in [7, 11) is 0. The van der Waals surface area contributed by atoms with Gasteiger partial charge in [-0.25, -0.2) is 4.79 Å². The fraction of sp³-hybridized carbons (Fsp3) is 0.611. The number of carbonyl (C=O) groups is 1. The number of amides is 1. The number of aliphatic hydroxyl groups is 1. The third-order valence-corrected chi connectivity index (χ3v) is 3.52. The molecular formula is C18H27NO5. The Labute approximate surface area is 143 Å². The first-order valence-corrected chi connectivity index (χ1v) is 8.26. The van der Waals surface area contributed by atoms with Crippen molar-refractivity contribution in [1.29, 1.82) is 0 Å². The molecule has 0 unspecified atom stereocenters. The van der Waals surface area contributed by atoms with Crippen LogP contribution in [0.15, 0.2) is 30.3 Å². The number of rotatable bonds is 4. The van der Waals surface area contributed by atoms with E-state index in [0.717, 1.165) is 5.56 Å². The SMILES string of the molecule is CC(C)(C)OC(=O)N1C[C@@H](O)CCO[C@@H]1COCc1ccccc1. The van der Waals surface area contributed by atoms with Gasteiger partial charge in [-0.05, 0) is 32.8 Å². The fourth-order valence-corrected chi connectivity index (χ4v) is 2.37. The minimum Gasteiger partial charge on any atom is -0.444 e. The third-order valence-electron chi connectivity index (χ3n) is 3.52. The maximum Gasteiger partial charge on any atom is 0.412 e. The Morgan fingerprint density at radius 1 is 1.33 bits per heavy atom. The lowest BCUT2D eigenvalue weighted by molar-refractivity contribution is -0.0956. The summed E-state index contributed by atoms with van der Waals surface area (Å²) in [6.45, 7) is 6.63. The lowest BCUT2D eigenvalue weighted by Crippen LogP contribution is -2.48. The highest BCUT2D eigenvalue weighted by molar-refractivity contribution is 5.68. The summed E-state index contributed by atoms with van der Waals surface area (Å²) in [6.07, 6.45) is -1.22. The molecule has 1 saturated heterocycles. The van der Waals surface area contributed by atoms with Crippen LogP contribution in [0.25, 0.3) is 0 Å². The Kier molecular flexibility index (Phi) is 6.60. The monoisotopic (exact) mass is 337 g/mol. The van der Waals surface area contributed by atoms with E-state index in [9.17, 15) is 9.90 Å². The predicted octanol–water partition coefficient (Wildman–Crippen LogP) is 2.55. The van der Waals surface area contributed by atoms with Gasteiger partial charge in [-0.2, -0.15) is 0 Å². The molecule has 0 aliphatic carbocycles. The summed E-state index contributed by atoms with van der Waals surface area (Å²) in [4.78, 5) is 13.8. The summed E-state index contributed by atoms with van der Waals surface area (Å²) < 4.78 is 16.8. The first-order chi connectivity index (χ1) is 11.3. The van der Waals surface area contributed by atoms with E-state index in [1.807, 2.05) is 30.3 Å². The molecule has 134 valence electrons. The first kappa shape index (κ1) is 18.7. The van der Waals surface area contributed by atoms with Gasteiger partial charge in [-0.3, -0.25) is 4.90 Å². The second-order valence-corrected chi connectivity index (χ2v) is 6.90. The van der Waals surface area contributed by atoms with Gasteiger partial charge >= 0.3 is 6.09 Å². The van der Waals surface area contributed by atoms with Crippen LogP contribution in [-0.2, 0) is 20.8 Å². The Bertz CT molecular complexity index is 514. The molecule has 0 saturated carbocycles. The van der Waals surface area contributed by atoms with Gasteiger partial charge < -0.3 is 19.3 Å². The molecule has 1 N–H and O–H groups in total. The molecule has 2 rings (SSSR count). The van der Waals surface area contributed by atoms with Crippen molar-refractivity contribution in [2.24, 2.45) is 0 Å². The van der Waals surface area contributed by atoms with E-state index in [1.165, 1.54) is 4.90 Å². The summed E-state index contributed by atoms with van der Waals surface area (Å²) >= 11 is 0. The van der Waals surface area contributed by atoms with Crippen molar-refractivity contribution < 1.29 is 24.1 Å². The molecule has 1 heterocycles. The number of aliphatic hydroxyl groups excluding tert-OH is 1. The van der Waals surface area contributed by atoms with Crippen molar-refractivity contribution in [3.63, 3.8) is 0 Å². The highest BCUT2D eigenvalue weighted by Crippen LogP contribution is 2.17. The van der Waals surface area contributed by atoms with Crippen molar-refractivity contribution in [2.75, 3.05) is 19.8 Å². The molecule has 1 aromatic carbocycles. The smallest absolute Gasteiger partial charge is 0.412 e. The highest BCUT2D eigenvalue weighted by atomic mass is 16.6. The summed E-state index contributed by atoms with van der Waals surface area (Å²) in [5.74, 6) is 0. The Morgan fingerprint density at radius 2 is 2.04 bits per heavy atom. The molecule has 6 nitrogen and oxygen atoms in total. The van der Waals surface area contributed by atoms with Crippen molar-refractivity contribution in [2.45, 2.75) is 51.7 Å². The molecule has 1 fully saturated rings. The van der Waals surface area contributed by atoms with Gasteiger partial charge in [0.2, 0.25) is 0 Å². The molecule has 24 heavy (non-hydrogen) atoms. The standard InChI is InChI=1S/C18H27NO5/c1-18(2,3)24-17(21)19-11-15(20)9-10-23-16(19)13-22-12-14-7-5-4-6-8-14/h4-8,15-16,20H,9-13H2,1-3H3/t15-,16+/m0/s1. The zero-order valence-electron chi connectivity index (χ0n) is 14.6. The van der Waals surface area contributed by atoms with Crippen LogP contribution < -0.4 is 0 Å². The number of β-amino-alcohol motifs (C(OH)–C–C–N with tert-alkyl or cyclic N) is 1. The second kappa shape index (κ2) is 8.46. The van der Waals surface area contributed by atoms with E-state index < -0.39 is 24.0 Å². The molecule has 6 heteroatoms. The largest absolute Gasteiger partial charge is 0.444 e. The number of benzene rings is 1. The minimum atomic E-state index is -0.628. The molecule has 1 amide bonds. The average Bonchev–Trinajstić information content (AvgIpc) is 2.68. The van der Waals surface area contributed by atoms with Gasteiger partial charge in [0, 0.05) is 0 Å². The van der Waals surface area contributed by atoms with E-state index in [2.05, 4.69) is 0 Å². The molecule has 1 aliphatic rings. The lowest BCUT2D eigenvalue weighted by Gasteiger charge is -2.32. The molecule has 1 aromatic rings. The Balaban J connectivity index is 1.96. The van der Waals surface area contributed by atoms with Crippen molar-refractivity contribution in [3.8, 4) is 0 Å². The summed E-state index contributed by atoms with van der Waals surface area (Å²) in [6, 6.07) is 9.80. The maximum atomic E-state index is 12.4. The number of ether oxygens (including phenoxy) is 3. The van der Waals surface area contributed by atoms with E-state index in [1.54, 1.807) is 20.8 Å². The van der Waals surface area contributed by atoms with Crippen LogP contribution in [0.1, 0.15) is 32.8 Å². The number of nitrogens with zero attached hydrogens (tertiary/aromatic N) is 1. The number of hydrogen-bond acceptors (Lipinski definition) is 5. The molecule has 0 spiro atoms. The Morgan fingerprint density at radius 3 is 2.71 bits per heavy atom. The molecule has 1 aliphatic heterocycles. The van der Waals surface area contributed by atoms with Gasteiger partial charge in [0.05, 0.1) is 32.5 Å². The van der Waals surface area contributed by atoms with Crippen LogP contribution in [0.5, 0.6) is 0 Å². The van der Waals surface area contributed by atoms with Gasteiger partial charge in [0.1, 0.15) is 5.60 Å². The summed E-state index contributed by atoms with van der Waals surface area (Å²) in [5, 5.41) is 9.96. The van der Waals surface area contributed by atoms with E-state index in [-0.39, 0.29) is 13.2 Å². The van der Waals surface area contributed by atoms with Crippen molar-refractivity contribution >= 4 is 6.09 Å². The zero-order chi connectivity index (χ0) is 17.6. The number of carbonyl (C=O) groups excluding carboxylic acids is 1. The van der Waals surface area contributed by atoms with Crippen LogP contribution in [-0.4, -0.2) is 53.8 Å². The normalized spacial score (nSPS) is 22.1. The number of hydrogen-bond donors (Lipinski definition) is 1. The first-order valence-electron chi connectivity index (χ1n) is 8.26. The molecule has 2 atom stereocenters. The minimum absolute atomic E-state index is 0.175. The fourth-order valence-electron chi connectivity index (χ4n) is 2.37. The van der Waals surface area contributed by atoms with Gasteiger partial charge in [0.25, 0.3) is 0 Å². The molecule has 0 bridgehead atoms.